The molecule has 3 atom stereocenters. The van der Waals surface area contributed by atoms with Gasteiger partial charge < -0.3 is 9.80 Å². The molecule has 0 saturated carbocycles. The van der Waals surface area contributed by atoms with E-state index in [0.29, 0.717) is 0 Å². The van der Waals surface area contributed by atoms with Gasteiger partial charge in [-0.1, -0.05) is 62.4 Å². The zero-order valence-electron chi connectivity index (χ0n) is 21.7. The van der Waals surface area contributed by atoms with Crippen molar-refractivity contribution in [3.05, 3.63) is 121 Å². The Morgan fingerprint density at radius 3 is 1.85 bits per heavy atom. The van der Waals surface area contributed by atoms with Crippen LogP contribution in [0.4, 0.5) is 23.0 Å². The molecule has 3 aromatic heterocycles. The number of fused-ring (bicyclic) bond motifs is 8. The van der Waals surface area contributed by atoms with Gasteiger partial charge in [0.1, 0.15) is 17.6 Å². The Morgan fingerprint density at radius 1 is 0.641 bits per heavy atom. The molecule has 6 nitrogen and oxygen atoms in total. The minimum atomic E-state index is -0.178. The molecular formula is C33H26N6. The largest absolute Gasteiger partial charge is 0.301 e. The van der Waals surface area contributed by atoms with Crippen LogP contribution in [0.5, 0.6) is 0 Å². The summed E-state index contributed by atoms with van der Waals surface area (Å²) in [6.07, 6.45) is 12.0. The number of benzene rings is 2. The van der Waals surface area contributed by atoms with Crippen molar-refractivity contribution in [2.24, 2.45) is 5.41 Å². The maximum atomic E-state index is 5.43. The van der Waals surface area contributed by atoms with Gasteiger partial charge in [0.05, 0.1) is 0 Å². The van der Waals surface area contributed by atoms with Gasteiger partial charge in [-0.25, -0.2) is 9.97 Å². The molecule has 3 aliphatic rings. The third-order valence-electron chi connectivity index (χ3n) is 8.85. The van der Waals surface area contributed by atoms with Crippen LogP contribution >= 0.6 is 0 Å². The fourth-order valence-electron chi connectivity index (χ4n) is 6.58. The van der Waals surface area contributed by atoms with Crippen LogP contribution in [0.15, 0.2) is 116 Å². The zero-order valence-corrected chi connectivity index (χ0v) is 21.7. The first-order chi connectivity index (χ1) is 19.1. The highest BCUT2D eigenvalue weighted by molar-refractivity contribution is 5.92. The zero-order chi connectivity index (χ0) is 26.2. The third kappa shape index (κ3) is 2.86. The third-order valence-corrected chi connectivity index (χ3v) is 8.85. The van der Waals surface area contributed by atoms with Crippen LogP contribution < -0.4 is 9.80 Å². The summed E-state index contributed by atoms with van der Waals surface area (Å²) in [5.74, 6) is 1.70. The van der Waals surface area contributed by atoms with Crippen LogP contribution in [-0.2, 0) is 5.41 Å². The van der Waals surface area contributed by atoms with E-state index in [4.69, 9.17) is 9.97 Å². The Hall–Kier alpha value is -4.84. The first kappa shape index (κ1) is 22.2. The molecule has 1 aliphatic carbocycles. The second-order valence-corrected chi connectivity index (χ2v) is 10.8. The Balaban J connectivity index is 1.47. The summed E-state index contributed by atoms with van der Waals surface area (Å²) in [6.45, 7) is 4.73. The lowest BCUT2D eigenvalue weighted by molar-refractivity contribution is 0.174. The SMILES string of the molecule is CC12C=CC1(C)C1N(c3ccccc3)c3nc(-c4cccnc4)c(-c4cccnc4)nc3N1c1ccccc12. The maximum absolute atomic E-state index is 5.43. The van der Waals surface area contributed by atoms with E-state index in [1.165, 1.54) is 11.3 Å². The highest BCUT2D eigenvalue weighted by Gasteiger charge is 2.64. The fourth-order valence-corrected chi connectivity index (χ4v) is 6.58. The number of rotatable bonds is 3. The fraction of sp³-hybridized carbons (Fsp3) is 0.152. The smallest absolute Gasteiger partial charge is 0.179 e. The summed E-state index contributed by atoms with van der Waals surface area (Å²) in [5.41, 5.74) is 6.72. The van der Waals surface area contributed by atoms with Crippen molar-refractivity contribution in [2.75, 3.05) is 9.80 Å². The van der Waals surface area contributed by atoms with E-state index in [9.17, 15) is 0 Å². The topological polar surface area (TPSA) is 58.0 Å². The molecule has 5 heterocycles. The Kier molecular flexibility index (Phi) is 4.45. The summed E-state index contributed by atoms with van der Waals surface area (Å²) < 4.78 is 0. The molecule has 0 amide bonds. The van der Waals surface area contributed by atoms with Gasteiger partial charge in [0, 0.05) is 58.1 Å². The quantitative estimate of drug-likeness (QED) is 0.244. The summed E-state index contributed by atoms with van der Waals surface area (Å²) in [5, 5.41) is 0. The van der Waals surface area contributed by atoms with Gasteiger partial charge in [-0.05, 0) is 48.0 Å². The van der Waals surface area contributed by atoms with Crippen molar-refractivity contribution in [1.82, 2.24) is 19.9 Å². The first-order valence-corrected chi connectivity index (χ1v) is 13.3. The van der Waals surface area contributed by atoms with Crippen LogP contribution in [0.25, 0.3) is 22.5 Å². The molecule has 0 N–H and O–H groups in total. The van der Waals surface area contributed by atoms with Gasteiger partial charge in [0.15, 0.2) is 11.6 Å². The minimum Gasteiger partial charge on any atom is -0.301 e. The maximum Gasteiger partial charge on any atom is 0.179 e. The van der Waals surface area contributed by atoms with Gasteiger partial charge in [-0.15, -0.1) is 0 Å². The molecule has 5 aromatic rings. The Labute approximate surface area is 227 Å². The highest BCUT2D eigenvalue weighted by atomic mass is 15.5. The van der Waals surface area contributed by atoms with E-state index in [2.05, 4.69) is 100 Å². The number of hydrogen-bond donors (Lipinski definition) is 0. The molecule has 8 rings (SSSR count). The number of hydrogen-bond acceptors (Lipinski definition) is 6. The van der Waals surface area contributed by atoms with Gasteiger partial charge in [0.25, 0.3) is 0 Å². The van der Waals surface area contributed by atoms with Crippen molar-refractivity contribution in [2.45, 2.75) is 25.4 Å². The summed E-state index contributed by atoms with van der Waals surface area (Å²) >= 11 is 0. The van der Waals surface area contributed by atoms with Crippen molar-refractivity contribution in [1.29, 1.82) is 0 Å². The second-order valence-electron chi connectivity index (χ2n) is 10.8. The van der Waals surface area contributed by atoms with Gasteiger partial charge in [-0.3, -0.25) is 9.97 Å². The molecule has 188 valence electrons. The summed E-state index contributed by atoms with van der Waals surface area (Å²) in [4.78, 5) is 24.4. The molecule has 2 aromatic carbocycles. The number of allylic oxidation sites excluding steroid dienone is 1. The molecule has 0 saturated heterocycles. The molecule has 0 radical (unpaired) electrons. The van der Waals surface area contributed by atoms with E-state index < -0.39 is 0 Å². The lowest BCUT2D eigenvalue weighted by atomic mass is 9.51. The van der Waals surface area contributed by atoms with Crippen LogP contribution in [0.1, 0.15) is 19.4 Å². The van der Waals surface area contributed by atoms with Crippen molar-refractivity contribution >= 4 is 23.0 Å². The van der Waals surface area contributed by atoms with Crippen LogP contribution in [-0.4, -0.2) is 26.1 Å². The van der Waals surface area contributed by atoms with E-state index in [1.807, 2.05) is 36.7 Å². The van der Waals surface area contributed by atoms with Crippen molar-refractivity contribution in [3.63, 3.8) is 0 Å². The molecule has 3 unspecified atom stereocenters. The number of para-hydroxylation sites is 2. The normalized spacial score (nSPS) is 23.9. The van der Waals surface area contributed by atoms with Gasteiger partial charge in [-0.2, -0.15) is 0 Å². The van der Waals surface area contributed by atoms with E-state index in [0.717, 1.165) is 39.8 Å². The summed E-state index contributed by atoms with van der Waals surface area (Å²) in [7, 11) is 0. The number of anilines is 4. The lowest BCUT2D eigenvalue weighted by Crippen LogP contribution is -2.64. The van der Waals surface area contributed by atoms with Crippen LogP contribution in [0.2, 0.25) is 0 Å². The second kappa shape index (κ2) is 7.84. The molecule has 6 heteroatoms. The predicted molar refractivity (Wildman–Crippen MR) is 154 cm³/mol. The number of pyridine rings is 2. The Morgan fingerprint density at radius 2 is 1.26 bits per heavy atom. The average Bonchev–Trinajstić information content (AvgIpc) is 3.34. The molecule has 0 bridgehead atoms. The Bertz CT molecular complexity index is 1750. The van der Waals surface area contributed by atoms with Gasteiger partial charge >= 0.3 is 0 Å². The van der Waals surface area contributed by atoms with Crippen molar-refractivity contribution < 1.29 is 0 Å². The number of aromatic nitrogens is 4. The lowest BCUT2D eigenvalue weighted by Gasteiger charge is -2.61. The number of nitrogens with zero attached hydrogens (tertiary/aromatic N) is 6. The standard InChI is InChI=1S/C33H26N6/c1-32-16-17-33(32,2)31-38(24-12-4-3-5-13-24)29-30(39(31)26-15-7-6-14-25(26)32)37-28(23-11-9-19-35-21-23)27(36-29)22-10-8-18-34-20-22/h3-21,31H,1-2H3. The van der Waals surface area contributed by atoms with Crippen molar-refractivity contribution in [3.8, 4) is 22.5 Å². The minimum absolute atomic E-state index is 0.0364. The van der Waals surface area contributed by atoms with Crippen LogP contribution in [0.3, 0.4) is 0 Å². The molecular weight excluding hydrogens is 480 g/mol. The van der Waals surface area contributed by atoms with E-state index in [-0.39, 0.29) is 17.0 Å². The molecule has 0 fully saturated rings. The highest BCUT2D eigenvalue weighted by Crippen LogP contribution is 2.66. The van der Waals surface area contributed by atoms with Crippen LogP contribution in [0, 0.1) is 5.41 Å². The summed E-state index contributed by atoms with van der Waals surface area (Å²) in [6, 6.07) is 27.3. The molecule has 39 heavy (non-hydrogen) atoms. The predicted octanol–water partition coefficient (Wildman–Crippen LogP) is 7.06. The first-order valence-electron chi connectivity index (χ1n) is 13.3. The monoisotopic (exact) mass is 506 g/mol. The molecule has 2 aliphatic heterocycles. The van der Waals surface area contributed by atoms with Gasteiger partial charge in [0.2, 0.25) is 0 Å². The van der Waals surface area contributed by atoms with E-state index >= 15 is 0 Å². The van der Waals surface area contributed by atoms with E-state index in [1.54, 1.807) is 12.4 Å². The molecule has 0 spiro atoms. The average molecular weight is 507 g/mol.